The average molecular weight is 295 g/mol. The van der Waals surface area contributed by atoms with Crippen LogP contribution in [-0.4, -0.2) is 39.1 Å². The first kappa shape index (κ1) is 14.2. The summed E-state index contributed by atoms with van der Waals surface area (Å²) in [6, 6.07) is 6.07. The lowest BCUT2D eigenvalue weighted by Gasteiger charge is -2.32. The van der Waals surface area contributed by atoms with Gasteiger partial charge in [-0.05, 0) is 25.0 Å². The monoisotopic (exact) mass is 295 g/mol. The highest BCUT2D eigenvalue weighted by Crippen LogP contribution is 2.18. The van der Waals surface area contributed by atoms with Gasteiger partial charge in [-0.25, -0.2) is 19.9 Å². The Bertz CT molecular complexity index is 644. The summed E-state index contributed by atoms with van der Waals surface area (Å²) in [7, 11) is 0. The Morgan fingerprint density at radius 1 is 1.18 bits per heavy atom. The minimum absolute atomic E-state index is 0.318. The fraction of sp³-hybridized carbons (Fsp3) is 0.400. The van der Waals surface area contributed by atoms with E-state index in [9.17, 15) is 0 Å². The molecule has 1 fully saturated rings. The third kappa shape index (κ3) is 3.47. The average Bonchev–Trinajstić information content (AvgIpc) is 2.57. The van der Waals surface area contributed by atoms with Crippen molar-refractivity contribution in [2.24, 2.45) is 0 Å². The molecule has 3 heterocycles. The quantitative estimate of drug-likeness (QED) is 0.912. The van der Waals surface area contributed by atoms with Gasteiger partial charge in [0.1, 0.15) is 0 Å². The summed E-state index contributed by atoms with van der Waals surface area (Å²) in [6.45, 7) is 1.75. The van der Waals surface area contributed by atoms with Gasteiger partial charge < -0.3 is 10.2 Å². The number of piperidine rings is 1. The SMILES string of the molecule is N#CCc1ccnc(N2CCC(Nc3ncccn3)CC2)n1. The highest BCUT2D eigenvalue weighted by Gasteiger charge is 2.21. The highest BCUT2D eigenvalue weighted by atomic mass is 15.3. The number of nitrogens with zero attached hydrogens (tertiary/aromatic N) is 6. The van der Waals surface area contributed by atoms with Gasteiger partial charge in [-0.15, -0.1) is 0 Å². The molecule has 0 spiro atoms. The van der Waals surface area contributed by atoms with Crippen LogP contribution in [0.25, 0.3) is 0 Å². The summed E-state index contributed by atoms with van der Waals surface area (Å²) >= 11 is 0. The van der Waals surface area contributed by atoms with Crippen molar-refractivity contribution in [3.63, 3.8) is 0 Å². The third-order valence-corrected chi connectivity index (χ3v) is 3.64. The molecule has 0 atom stereocenters. The summed E-state index contributed by atoms with van der Waals surface area (Å²) < 4.78 is 0. The molecule has 0 unspecified atom stereocenters. The van der Waals surface area contributed by atoms with E-state index < -0.39 is 0 Å². The van der Waals surface area contributed by atoms with Crippen molar-refractivity contribution in [3.05, 3.63) is 36.4 Å². The third-order valence-electron chi connectivity index (χ3n) is 3.64. The van der Waals surface area contributed by atoms with Crippen LogP contribution in [0.2, 0.25) is 0 Å². The zero-order chi connectivity index (χ0) is 15.2. The smallest absolute Gasteiger partial charge is 0.225 e. The summed E-state index contributed by atoms with van der Waals surface area (Å²) in [5.41, 5.74) is 0.769. The van der Waals surface area contributed by atoms with Crippen molar-refractivity contribution in [2.75, 3.05) is 23.3 Å². The van der Waals surface area contributed by atoms with Gasteiger partial charge >= 0.3 is 0 Å². The molecule has 1 N–H and O–H groups in total. The Morgan fingerprint density at radius 2 is 1.95 bits per heavy atom. The van der Waals surface area contributed by atoms with Crippen molar-refractivity contribution < 1.29 is 0 Å². The number of rotatable bonds is 4. The van der Waals surface area contributed by atoms with Gasteiger partial charge in [0.05, 0.1) is 18.2 Å². The molecule has 2 aromatic heterocycles. The van der Waals surface area contributed by atoms with E-state index in [1.165, 1.54) is 0 Å². The standard InChI is InChI=1S/C15H17N7/c16-6-2-12-3-9-19-15(21-12)22-10-4-13(5-11-22)20-14-17-7-1-8-18-14/h1,3,7-9,13H,2,4-5,10-11H2,(H,17,18,20). The van der Waals surface area contributed by atoms with Gasteiger partial charge in [-0.2, -0.15) is 5.26 Å². The maximum atomic E-state index is 8.75. The first-order chi connectivity index (χ1) is 10.8. The Balaban J connectivity index is 1.57. The molecule has 0 bridgehead atoms. The molecule has 1 saturated heterocycles. The summed E-state index contributed by atoms with van der Waals surface area (Å²) in [6.07, 6.45) is 7.46. The Hall–Kier alpha value is -2.75. The predicted octanol–water partition coefficient (Wildman–Crippen LogP) is 1.41. The highest BCUT2D eigenvalue weighted by molar-refractivity contribution is 5.33. The lowest BCUT2D eigenvalue weighted by atomic mass is 10.1. The number of hydrogen-bond donors (Lipinski definition) is 1. The summed E-state index contributed by atoms with van der Waals surface area (Å²) in [4.78, 5) is 19.3. The van der Waals surface area contributed by atoms with Crippen molar-refractivity contribution in [3.8, 4) is 6.07 Å². The molecular weight excluding hydrogens is 278 g/mol. The van der Waals surface area contributed by atoms with Gasteiger partial charge in [0.25, 0.3) is 0 Å². The molecule has 0 amide bonds. The Labute approximate surface area is 129 Å². The minimum Gasteiger partial charge on any atom is -0.351 e. The van der Waals surface area contributed by atoms with Crippen LogP contribution in [0.4, 0.5) is 11.9 Å². The van der Waals surface area contributed by atoms with E-state index in [0.717, 1.165) is 31.6 Å². The molecular formula is C15H17N7. The van der Waals surface area contributed by atoms with Crippen LogP contribution in [-0.2, 0) is 6.42 Å². The van der Waals surface area contributed by atoms with Gasteiger partial charge in [0, 0.05) is 37.7 Å². The van der Waals surface area contributed by atoms with Gasteiger partial charge in [0.2, 0.25) is 11.9 Å². The second-order valence-corrected chi connectivity index (χ2v) is 5.16. The normalized spacial score (nSPS) is 15.3. The summed E-state index contributed by atoms with van der Waals surface area (Å²) in [5, 5.41) is 12.1. The van der Waals surface area contributed by atoms with E-state index in [0.29, 0.717) is 24.4 Å². The number of hydrogen-bond acceptors (Lipinski definition) is 7. The second kappa shape index (κ2) is 6.80. The molecule has 112 valence electrons. The van der Waals surface area contributed by atoms with Crippen LogP contribution in [0.5, 0.6) is 0 Å². The largest absolute Gasteiger partial charge is 0.351 e. The van der Waals surface area contributed by atoms with E-state index >= 15 is 0 Å². The fourth-order valence-electron chi connectivity index (χ4n) is 2.50. The second-order valence-electron chi connectivity index (χ2n) is 5.16. The molecule has 22 heavy (non-hydrogen) atoms. The van der Waals surface area contributed by atoms with Crippen LogP contribution in [0.1, 0.15) is 18.5 Å². The molecule has 0 saturated carbocycles. The van der Waals surface area contributed by atoms with E-state index in [2.05, 4.69) is 36.2 Å². The van der Waals surface area contributed by atoms with Crippen LogP contribution in [0, 0.1) is 11.3 Å². The minimum atomic E-state index is 0.318. The maximum absolute atomic E-state index is 8.75. The van der Waals surface area contributed by atoms with Gasteiger partial charge in [-0.1, -0.05) is 0 Å². The van der Waals surface area contributed by atoms with E-state index in [4.69, 9.17) is 5.26 Å². The lowest BCUT2D eigenvalue weighted by molar-refractivity contribution is 0.517. The predicted molar refractivity (Wildman–Crippen MR) is 82.2 cm³/mol. The number of nitrogens with one attached hydrogen (secondary N) is 1. The van der Waals surface area contributed by atoms with E-state index in [-0.39, 0.29) is 0 Å². The zero-order valence-electron chi connectivity index (χ0n) is 12.2. The molecule has 7 nitrogen and oxygen atoms in total. The van der Waals surface area contributed by atoms with E-state index in [1.807, 2.05) is 0 Å². The number of nitriles is 1. The van der Waals surface area contributed by atoms with Crippen LogP contribution in [0.15, 0.2) is 30.7 Å². The summed E-state index contributed by atoms with van der Waals surface area (Å²) in [5.74, 6) is 1.38. The van der Waals surface area contributed by atoms with Crippen molar-refractivity contribution in [2.45, 2.75) is 25.3 Å². The van der Waals surface area contributed by atoms with Crippen LogP contribution >= 0.6 is 0 Å². The Morgan fingerprint density at radius 3 is 2.68 bits per heavy atom. The van der Waals surface area contributed by atoms with Crippen molar-refractivity contribution in [1.82, 2.24) is 19.9 Å². The van der Waals surface area contributed by atoms with Crippen LogP contribution in [0.3, 0.4) is 0 Å². The Kier molecular flexibility index (Phi) is 4.39. The molecule has 1 aliphatic heterocycles. The van der Waals surface area contributed by atoms with Gasteiger partial charge in [0.15, 0.2) is 0 Å². The van der Waals surface area contributed by atoms with Crippen molar-refractivity contribution in [1.29, 1.82) is 5.26 Å². The first-order valence-corrected chi connectivity index (χ1v) is 7.32. The molecule has 0 aliphatic carbocycles. The van der Waals surface area contributed by atoms with Crippen molar-refractivity contribution >= 4 is 11.9 Å². The maximum Gasteiger partial charge on any atom is 0.225 e. The number of anilines is 2. The van der Waals surface area contributed by atoms with Crippen LogP contribution < -0.4 is 10.2 Å². The number of aromatic nitrogens is 4. The zero-order valence-corrected chi connectivity index (χ0v) is 12.2. The molecule has 0 aromatic carbocycles. The topological polar surface area (TPSA) is 90.6 Å². The lowest BCUT2D eigenvalue weighted by Crippen LogP contribution is -2.40. The molecule has 0 radical (unpaired) electrons. The molecule has 2 aromatic rings. The molecule has 7 heteroatoms. The van der Waals surface area contributed by atoms with Gasteiger partial charge in [-0.3, -0.25) is 0 Å². The molecule has 1 aliphatic rings. The first-order valence-electron chi connectivity index (χ1n) is 7.32. The molecule has 3 rings (SSSR count). The fourth-order valence-corrected chi connectivity index (χ4v) is 2.50. The van der Waals surface area contributed by atoms with E-state index in [1.54, 1.807) is 30.7 Å².